The summed E-state index contributed by atoms with van der Waals surface area (Å²) in [6.45, 7) is 0.292. The van der Waals surface area contributed by atoms with E-state index in [1.165, 1.54) is 17.9 Å². The molecule has 2 heterocycles. The molecule has 0 amide bonds. The first-order valence-corrected chi connectivity index (χ1v) is 13.0. The maximum absolute atomic E-state index is 13.6. The zero-order chi connectivity index (χ0) is 28.6. The maximum Gasteiger partial charge on any atom is 0.335 e. The van der Waals surface area contributed by atoms with Crippen molar-refractivity contribution in [1.29, 1.82) is 0 Å². The SMILES string of the molecule is COCOC[C@]1(OCc2ccccc2)C[C@H](n2cc(C)c(=O)n(COCc3ccccc3)c2=O)OC1(CO)CO. The van der Waals surface area contributed by atoms with Gasteiger partial charge in [-0.2, -0.15) is 0 Å². The molecule has 0 radical (unpaired) electrons. The van der Waals surface area contributed by atoms with Crippen LogP contribution in [0.5, 0.6) is 0 Å². The molecule has 0 bridgehead atoms. The van der Waals surface area contributed by atoms with Crippen molar-refractivity contribution in [3.05, 3.63) is 104 Å². The first kappa shape index (κ1) is 29.8. The number of aromatic nitrogens is 2. The van der Waals surface area contributed by atoms with E-state index in [9.17, 15) is 19.8 Å². The Hall–Kier alpha value is -3.16. The highest BCUT2D eigenvalue weighted by Crippen LogP contribution is 2.47. The highest BCUT2D eigenvalue weighted by Gasteiger charge is 2.61. The van der Waals surface area contributed by atoms with Gasteiger partial charge in [0.05, 0.1) is 33.0 Å². The molecule has 40 heavy (non-hydrogen) atoms. The Kier molecular flexibility index (Phi) is 10.0. The van der Waals surface area contributed by atoms with Gasteiger partial charge in [-0.15, -0.1) is 0 Å². The van der Waals surface area contributed by atoms with Gasteiger partial charge in [0.2, 0.25) is 0 Å². The monoisotopic (exact) mass is 556 g/mol. The summed E-state index contributed by atoms with van der Waals surface area (Å²) in [5, 5.41) is 21.0. The topological polar surface area (TPSA) is 131 Å². The van der Waals surface area contributed by atoms with Crippen LogP contribution in [-0.4, -0.2) is 64.3 Å². The van der Waals surface area contributed by atoms with E-state index in [2.05, 4.69) is 0 Å². The zero-order valence-electron chi connectivity index (χ0n) is 22.7. The van der Waals surface area contributed by atoms with Gasteiger partial charge in [0.25, 0.3) is 5.56 Å². The number of aliphatic hydroxyl groups excluding tert-OH is 2. The first-order valence-electron chi connectivity index (χ1n) is 13.0. The molecule has 2 aromatic carbocycles. The molecule has 0 aliphatic carbocycles. The molecule has 1 aromatic heterocycles. The van der Waals surface area contributed by atoms with E-state index in [1.54, 1.807) is 6.92 Å². The summed E-state index contributed by atoms with van der Waals surface area (Å²) >= 11 is 0. The highest BCUT2D eigenvalue weighted by molar-refractivity contribution is 5.16. The maximum atomic E-state index is 13.6. The molecule has 2 atom stereocenters. The standard InChI is InChI=1S/C29H36N2O9/c1-22-14-30(27(35)31(26(22)34)20-37-15-23-9-5-3-6-10-23)25-13-28(19-38-21-36-2,29(17-32,18-33)40-25)39-16-24-11-7-4-8-12-24/h3-12,14,25,32-33H,13,15-21H2,1-2H3/t25-,28-/m1/s1. The Morgan fingerprint density at radius 1 is 0.950 bits per heavy atom. The summed E-state index contributed by atoms with van der Waals surface area (Å²) in [4.78, 5) is 26.4. The molecule has 3 aromatic rings. The van der Waals surface area contributed by atoms with E-state index in [1.807, 2.05) is 60.7 Å². The van der Waals surface area contributed by atoms with Crippen LogP contribution in [0, 0.1) is 6.92 Å². The number of aliphatic hydroxyl groups is 2. The van der Waals surface area contributed by atoms with Crippen molar-refractivity contribution < 1.29 is 33.9 Å². The fourth-order valence-corrected chi connectivity index (χ4v) is 4.86. The van der Waals surface area contributed by atoms with E-state index in [4.69, 9.17) is 23.7 Å². The van der Waals surface area contributed by atoms with Gasteiger partial charge in [-0.3, -0.25) is 9.36 Å². The third-order valence-corrected chi connectivity index (χ3v) is 7.11. The van der Waals surface area contributed by atoms with Gasteiger partial charge in [0.1, 0.15) is 31.0 Å². The van der Waals surface area contributed by atoms with E-state index >= 15 is 0 Å². The summed E-state index contributed by atoms with van der Waals surface area (Å²) < 4.78 is 31.3. The molecule has 1 aliphatic heterocycles. The lowest BCUT2D eigenvalue weighted by Gasteiger charge is -2.41. The lowest BCUT2D eigenvalue weighted by molar-refractivity contribution is -0.229. The summed E-state index contributed by atoms with van der Waals surface area (Å²) in [7, 11) is 1.47. The van der Waals surface area contributed by atoms with E-state index in [0.29, 0.717) is 5.56 Å². The average Bonchev–Trinajstić information content (AvgIpc) is 3.31. The fourth-order valence-electron chi connectivity index (χ4n) is 4.86. The molecule has 11 heteroatoms. The molecule has 0 unspecified atom stereocenters. The second-order valence-corrected chi connectivity index (χ2v) is 9.81. The number of nitrogens with zero attached hydrogens (tertiary/aromatic N) is 2. The summed E-state index contributed by atoms with van der Waals surface area (Å²) in [5.74, 6) is 0. The number of rotatable bonds is 14. The molecule has 11 nitrogen and oxygen atoms in total. The van der Waals surface area contributed by atoms with Crippen molar-refractivity contribution in [2.45, 2.75) is 50.7 Å². The highest BCUT2D eigenvalue weighted by atomic mass is 16.7. The summed E-state index contributed by atoms with van der Waals surface area (Å²) in [5.41, 5.74) is -2.09. The Labute approximate surface area is 232 Å². The Balaban J connectivity index is 1.66. The van der Waals surface area contributed by atoms with Gasteiger partial charge in [-0.1, -0.05) is 60.7 Å². The molecule has 1 fully saturated rings. The molecular weight excluding hydrogens is 520 g/mol. The van der Waals surface area contributed by atoms with Gasteiger partial charge >= 0.3 is 5.69 Å². The number of ether oxygens (including phenoxy) is 5. The van der Waals surface area contributed by atoms with E-state index in [-0.39, 0.29) is 39.8 Å². The molecule has 0 spiro atoms. The van der Waals surface area contributed by atoms with Crippen molar-refractivity contribution in [2.75, 3.05) is 33.7 Å². The number of hydrogen-bond acceptors (Lipinski definition) is 9. The van der Waals surface area contributed by atoms with Crippen molar-refractivity contribution in [3.63, 3.8) is 0 Å². The molecular formula is C29H36N2O9. The third kappa shape index (κ3) is 6.26. The number of hydrogen-bond donors (Lipinski definition) is 2. The third-order valence-electron chi connectivity index (χ3n) is 7.11. The molecule has 1 saturated heterocycles. The predicted octanol–water partition coefficient (Wildman–Crippen LogP) is 1.71. The van der Waals surface area contributed by atoms with Gasteiger partial charge in [-0.25, -0.2) is 9.36 Å². The normalized spacial score (nSPS) is 20.1. The minimum Gasteiger partial charge on any atom is -0.393 e. The lowest BCUT2D eigenvalue weighted by atomic mass is 9.83. The van der Waals surface area contributed by atoms with Crippen LogP contribution in [0.15, 0.2) is 76.4 Å². The van der Waals surface area contributed by atoms with Gasteiger partial charge in [-0.05, 0) is 18.1 Å². The number of aryl methyl sites for hydroxylation is 1. The van der Waals surface area contributed by atoms with E-state index < -0.39 is 41.9 Å². The van der Waals surface area contributed by atoms with Crippen molar-refractivity contribution in [2.24, 2.45) is 0 Å². The van der Waals surface area contributed by atoms with Crippen LogP contribution < -0.4 is 11.2 Å². The van der Waals surface area contributed by atoms with Gasteiger partial charge in [0.15, 0.2) is 0 Å². The second kappa shape index (κ2) is 13.5. The van der Waals surface area contributed by atoms with E-state index in [0.717, 1.165) is 15.7 Å². The number of benzene rings is 2. The van der Waals surface area contributed by atoms with Crippen LogP contribution in [0.4, 0.5) is 0 Å². The van der Waals surface area contributed by atoms with Crippen LogP contribution in [0.1, 0.15) is 29.3 Å². The number of methoxy groups -OCH3 is 1. The van der Waals surface area contributed by atoms with Crippen molar-refractivity contribution in [1.82, 2.24) is 9.13 Å². The fraction of sp³-hybridized carbons (Fsp3) is 0.448. The zero-order valence-corrected chi connectivity index (χ0v) is 22.7. The van der Waals surface area contributed by atoms with Crippen LogP contribution in [0.25, 0.3) is 0 Å². The molecule has 4 rings (SSSR count). The molecule has 2 N–H and O–H groups in total. The Bertz CT molecular complexity index is 1340. The largest absolute Gasteiger partial charge is 0.393 e. The molecule has 0 saturated carbocycles. The summed E-state index contributed by atoms with van der Waals surface area (Å²) in [6, 6.07) is 18.8. The Morgan fingerprint density at radius 2 is 1.57 bits per heavy atom. The first-order chi connectivity index (χ1) is 19.4. The van der Waals surface area contributed by atoms with Gasteiger partial charge < -0.3 is 33.9 Å². The van der Waals surface area contributed by atoms with Crippen LogP contribution in [0.3, 0.4) is 0 Å². The average molecular weight is 557 g/mol. The summed E-state index contributed by atoms with van der Waals surface area (Å²) in [6.07, 6.45) is 0.451. The van der Waals surface area contributed by atoms with Crippen LogP contribution in [-0.2, 0) is 43.6 Å². The second-order valence-electron chi connectivity index (χ2n) is 9.81. The predicted molar refractivity (Wildman–Crippen MR) is 144 cm³/mol. The minimum atomic E-state index is -1.63. The van der Waals surface area contributed by atoms with Crippen molar-refractivity contribution >= 4 is 0 Å². The van der Waals surface area contributed by atoms with Crippen molar-refractivity contribution in [3.8, 4) is 0 Å². The van der Waals surface area contributed by atoms with Gasteiger partial charge in [0, 0.05) is 25.3 Å². The Morgan fingerprint density at radius 3 is 2.17 bits per heavy atom. The van der Waals surface area contributed by atoms with Crippen LogP contribution in [0.2, 0.25) is 0 Å². The minimum absolute atomic E-state index is 0.0348. The van der Waals surface area contributed by atoms with Crippen LogP contribution >= 0.6 is 0 Å². The smallest absolute Gasteiger partial charge is 0.335 e. The quantitative estimate of drug-likeness (QED) is 0.225. The molecule has 1 aliphatic rings. The lowest BCUT2D eigenvalue weighted by Crippen LogP contribution is -2.60. The molecule has 216 valence electrons.